The first-order valence-electron chi connectivity index (χ1n) is 6.15. The summed E-state index contributed by atoms with van der Waals surface area (Å²) < 4.78 is 30.9. The van der Waals surface area contributed by atoms with E-state index in [1.54, 1.807) is 0 Å². The summed E-state index contributed by atoms with van der Waals surface area (Å²) in [5.74, 6) is 0.229. The highest BCUT2D eigenvalue weighted by atomic mass is 32.2. The topological polar surface area (TPSA) is 70.8 Å². The van der Waals surface area contributed by atoms with Gasteiger partial charge < -0.3 is 9.52 Å². The number of aliphatic hydroxyl groups is 1. The summed E-state index contributed by atoms with van der Waals surface area (Å²) in [5.41, 5.74) is 1.99. The molecule has 0 radical (unpaired) electrons. The van der Waals surface area contributed by atoms with Crippen LogP contribution in [0.4, 0.5) is 0 Å². The molecule has 0 bridgehead atoms. The number of rotatable bonds is 5. The lowest BCUT2D eigenvalue weighted by Crippen LogP contribution is -2.26. The number of hydrogen-bond acceptors (Lipinski definition) is 4. The van der Waals surface area contributed by atoms with Gasteiger partial charge >= 0.3 is 0 Å². The van der Waals surface area contributed by atoms with E-state index in [4.69, 9.17) is 9.52 Å². The lowest BCUT2D eigenvalue weighted by atomic mass is 10.1. The number of furan rings is 1. The van der Waals surface area contributed by atoms with Crippen LogP contribution in [0.5, 0.6) is 0 Å². The second-order valence-corrected chi connectivity index (χ2v) is 6.60. The molecule has 6 heteroatoms. The maximum atomic E-state index is 12.3. The van der Waals surface area contributed by atoms with Crippen molar-refractivity contribution in [1.82, 2.24) is 4.31 Å². The second kappa shape index (κ2) is 5.78. The third-order valence-corrected chi connectivity index (χ3v) is 4.62. The lowest BCUT2D eigenvalue weighted by molar-refractivity contribution is 0.235. The molecule has 0 aliphatic heterocycles. The molecule has 1 heterocycles. The number of nitrogens with zero attached hydrogens (tertiary/aromatic N) is 1. The van der Waals surface area contributed by atoms with Gasteiger partial charge in [0.05, 0.1) is 0 Å². The van der Waals surface area contributed by atoms with Crippen LogP contribution in [-0.4, -0.2) is 24.9 Å². The Kier molecular flexibility index (Phi) is 4.27. The van der Waals surface area contributed by atoms with Crippen molar-refractivity contribution >= 4 is 10.0 Å². The van der Waals surface area contributed by atoms with E-state index in [-0.39, 0.29) is 24.0 Å². The molecule has 5 nitrogen and oxygen atoms in total. The van der Waals surface area contributed by atoms with E-state index in [0.717, 1.165) is 11.1 Å². The van der Waals surface area contributed by atoms with Gasteiger partial charge in [0.25, 0.3) is 10.0 Å². The van der Waals surface area contributed by atoms with Gasteiger partial charge in [-0.05, 0) is 24.6 Å². The Labute approximate surface area is 118 Å². The van der Waals surface area contributed by atoms with E-state index in [2.05, 4.69) is 0 Å². The summed E-state index contributed by atoms with van der Waals surface area (Å²) in [6.07, 6.45) is 0. The van der Waals surface area contributed by atoms with Gasteiger partial charge in [-0.3, -0.25) is 0 Å². The van der Waals surface area contributed by atoms with Crippen LogP contribution in [0.1, 0.15) is 16.9 Å². The Balaban J connectivity index is 2.21. The molecule has 1 aromatic carbocycles. The summed E-state index contributed by atoms with van der Waals surface area (Å²) >= 11 is 0. The van der Waals surface area contributed by atoms with Crippen LogP contribution in [0.3, 0.4) is 0 Å². The summed E-state index contributed by atoms with van der Waals surface area (Å²) in [6, 6.07) is 10.5. The molecular weight excluding hydrogens is 278 g/mol. The summed E-state index contributed by atoms with van der Waals surface area (Å²) in [7, 11) is -2.18. The zero-order chi connectivity index (χ0) is 14.8. The van der Waals surface area contributed by atoms with Crippen molar-refractivity contribution in [3.05, 3.63) is 53.3 Å². The smallest absolute Gasteiger partial charge is 0.276 e. The van der Waals surface area contributed by atoms with Crippen molar-refractivity contribution in [3.63, 3.8) is 0 Å². The maximum Gasteiger partial charge on any atom is 0.276 e. The molecule has 0 saturated heterocycles. The first-order chi connectivity index (χ1) is 9.43. The zero-order valence-electron chi connectivity index (χ0n) is 11.4. The highest BCUT2D eigenvalue weighted by molar-refractivity contribution is 7.88. The molecule has 0 amide bonds. The molecule has 0 aliphatic carbocycles. The Morgan fingerprint density at radius 2 is 2.00 bits per heavy atom. The number of aryl methyl sites for hydroxylation is 1. The number of sulfonamides is 1. The first kappa shape index (κ1) is 14.8. The minimum absolute atomic E-state index is 0.156. The molecule has 0 aliphatic rings. The van der Waals surface area contributed by atoms with E-state index in [9.17, 15) is 8.42 Å². The van der Waals surface area contributed by atoms with Gasteiger partial charge in [0, 0.05) is 13.6 Å². The van der Waals surface area contributed by atoms with Crippen molar-refractivity contribution in [2.75, 3.05) is 7.05 Å². The van der Waals surface area contributed by atoms with E-state index in [0.29, 0.717) is 0 Å². The van der Waals surface area contributed by atoms with Gasteiger partial charge in [0.1, 0.15) is 12.4 Å². The second-order valence-electron chi connectivity index (χ2n) is 4.63. The third-order valence-electron chi connectivity index (χ3n) is 2.95. The van der Waals surface area contributed by atoms with Crippen molar-refractivity contribution in [1.29, 1.82) is 0 Å². The van der Waals surface area contributed by atoms with Crippen LogP contribution >= 0.6 is 0 Å². The minimum Gasteiger partial charge on any atom is -0.446 e. The summed E-state index contributed by atoms with van der Waals surface area (Å²) in [5, 5.41) is 8.76. The van der Waals surface area contributed by atoms with Crippen molar-refractivity contribution < 1.29 is 17.9 Å². The third kappa shape index (κ3) is 3.09. The van der Waals surface area contributed by atoms with Crippen LogP contribution in [-0.2, 0) is 23.2 Å². The fourth-order valence-electron chi connectivity index (χ4n) is 1.89. The number of benzene rings is 1. The molecule has 108 valence electrons. The van der Waals surface area contributed by atoms with E-state index in [1.807, 2.05) is 31.2 Å². The van der Waals surface area contributed by atoms with Gasteiger partial charge in [0.15, 0.2) is 0 Å². The molecule has 0 unspecified atom stereocenters. The predicted molar refractivity (Wildman–Crippen MR) is 74.5 cm³/mol. The van der Waals surface area contributed by atoms with Crippen molar-refractivity contribution in [2.45, 2.75) is 25.2 Å². The zero-order valence-corrected chi connectivity index (χ0v) is 12.2. The minimum atomic E-state index is -3.68. The molecule has 1 N–H and O–H groups in total. The quantitative estimate of drug-likeness (QED) is 0.914. The molecule has 1 aromatic heterocycles. The SMILES string of the molecule is Cc1cccc(CN(C)S(=O)(=O)c2ccc(CO)o2)c1. The maximum absolute atomic E-state index is 12.3. The van der Waals surface area contributed by atoms with Crippen LogP contribution in [0.15, 0.2) is 45.9 Å². The van der Waals surface area contributed by atoms with E-state index < -0.39 is 10.0 Å². The van der Waals surface area contributed by atoms with Gasteiger partial charge in [-0.2, -0.15) is 4.31 Å². The highest BCUT2D eigenvalue weighted by Crippen LogP contribution is 2.19. The first-order valence-corrected chi connectivity index (χ1v) is 7.59. The number of hydrogen-bond donors (Lipinski definition) is 1. The molecule has 2 rings (SSSR count). The fraction of sp³-hybridized carbons (Fsp3) is 0.286. The number of aliphatic hydroxyl groups excluding tert-OH is 1. The Morgan fingerprint density at radius 1 is 1.25 bits per heavy atom. The largest absolute Gasteiger partial charge is 0.446 e. The Morgan fingerprint density at radius 3 is 2.60 bits per heavy atom. The van der Waals surface area contributed by atoms with Gasteiger partial charge in [-0.15, -0.1) is 0 Å². The highest BCUT2D eigenvalue weighted by Gasteiger charge is 2.24. The molecule has 0 fully saturated rings. The van der Waals surface area contributed by atoms with Crippen LogP contribution < -0.4 is 0 Å². The monoisotopic (exact) mass is 295 g/mol. The normalized spacial score (nSPS) is 12.0. The van der Waals surface area contributed by atoms with E-state index >= 15 is 0 Å². The van der Waals surface area contributed by atoms with E-state index in [1.165, 1.54) is 23.5 Å². The molecule has 0 saturated carbocycles. The van der Waals surface area contributed by atoms with Crippen LogP contribution in [0, 0.1) is 6.92 Å². The molecule has 0 spiro atoms. The Hall–Kier alpha value is -1.63. The lowest BCUT2D eigenvalue weighted by Gasteiger charge is -2.15. The molecule has 20 heavy (non-hydrogen) atoms. The average molecular weight is 295 g/mol. The van der Waals surface area contributed by atoms with Crippen LogP contribution in [0.25, 0.3) is 0 Å². The fourth-order valence-corrected chi connectivity index (χ4v) is 2.97. The predicted octanol–water partition coefficient (Wildman–Crippen LogP) is 1.90. The summed E-state index contributed by atoms with van der Waals surface area (Å²) in [4.78, 5) is 0. The molecular formula is C14H17NO4S. The summed E-state index contributed by atoms with van der Waals surface area (Å²) in [6.45, 7) is 1.90. The van der Waals surface area contributed by atoms with Crippen LogP contribution in [0.2, 0.25) is 0 Å². The van der Waals surface area contributed by atoms with Gasteiger partial charge in [-0.1, -0.05) is 29.8 Å². The van der Waals surface area contributed by atoms with Gasteiger partial charge in [0.2, 0.25) is 5.09 Å². The van der Waals surface area contributed by atoms with Gasteiger partial charge in [-0.25, -0.2) is 8.42 Å². The molecule has 0 atom stereocenters. The molecule has 2 aromatic rings. The van der Waals surface area contributed by atoms with Crippen molar-refractivity contribution in [3.8, 4) is 0 Å². The standard InChI is InChI=1S/C14H17NO4S/c1-11-4-3-5-12(8-11)9-15(2)20(17,18)14-7-6-13(10-16)19-14/h3-8,16H,9-10H2,1-2H3. The average Bonchev–Trinajstić information content (AvgIpc) is 2.88. The van der Waals surface area contributed by atoms with Crippen molar-refractivity contribution in [2.24, 2.45) is 0 Å². The Bertz CT molecular complexity index is 691.